The lowest BCUT2D eigenvalue weighted by atomic mass is 10.2. The molecule has 3 rings (SSSR count). The van der Waals surface area contributed by atoms with Crippen molar-refractivity contribution in [3.05, 3.63) is 48.8 Å². The molecule has 0 aliphatic carbocycles. The van der Waals surface area contributed by atoms with Gasteiger partial charge in [0.2, 0.25) is 0 Å². The van der Waals surface area contributed by atoms with E-state index in [0.717, 1.165) is 25.2 Å². The highest BCUT2D eigenvalue weighted by Gasteiger charge is 2.22. The van der Waals surface area contributed by atoms with Gasteiger partial charge in [-0.15, -0.1) is 0 Å². The average molecular weight is 333 g/mol. The van der Waals surface area contributed by atoms with Gasteiger partial charge in [0.1, 0.15) is 4.90 Å². The fraction of sp³-hybridized carbons (Fsp3) is 0.312. The molecule has 1 fully saturated rings. The molecule has 0 bridgehead atoms. The minimum atomic E-state index is -3.60. The van der Waals surface area contributed by atoms with Crippen molar-refractivity contribution in [2.45, 2.75) is 17.4 Å². The predicted molar refractivity (Wildman–Crippen MR) is 89.1 cm³/mol. The van der Waals surface area contributed by atoms with Crippen molar-refractivity contribution < 1.29 is 13.2 Å². The third-order valence-corrected chi connectivity index (χ3v) is 5.27. The Hall–Kier alpha value is -2.12. The Labute approximate surface area is 136 Å². The van der Waals surface area contributed by atoms with Gasteiger partial charge in [-0.1, -0.05) is 0 Å². The molecule has 1 aliphatic rings. The van der Waals surface area contributed by atoms with Crippen LogP contribution in [0.4, 0.5) is 11.4 Å². The molecule has 1 atom stereocenters. The van der Waals surface area contributed by atoms with Gasteiger partial charge in [-0.3, -0.25) is 9.71 Å². The van der Waals surface area contributed by atoms with Gasteiger partial charge in [0, 0.05) is 44.0 Å². The molecule has 122 valence electrons. The molecule has 23 heavy (non-hydrogen) atoms. The maximum atomic E-state index is 12.2. The van der Waals surface area contributed by atoms with E-state index in [-0.39, 0.29) is 11.0 Å². The van der Waals surface area contributed by atoms with E-state index in [1.54, 1.807) is 25.3 Å². The van der Waals surface area contributed by atoms with Crippen LogP contribution in [0.25, 0.3) is 0 Å². The van der Waals surface area contributed by atoms with Crippen molar-refractivity contribution in [1.82, 2.24) is 4.98 Å². The predicted octanol–water partition coefficient (Wildman–Crippen LogP) is 2.11. The van der Waals surface area contributed by atoms with Crippen LogP contribution in [-0.4, -0.2) is 39.7 Å². The van der Waals surface area contributed by atoms with E-state index in [1.807, 2.05) is 12.1 Å². The molecular formula is C16H19N3O3S. The number of hydrogen-bond acceptors (Lipinski definition) is 5. The first kappa shape index (κ1) is 15.8. The van der Waals surface area contributed by atoms with Crippen LogP contribution in [0.5, 0.6) is 0 Å². The number of nitrogens with zero attached hydrogens (tertiary/aromatic N) is 2. The van der Waals surface area contributed by atoms with Gasteiger partial charge in [0.25, 0.3) is 10.0 Å². The maximum Gasteiger partial charge on any atom is 0.263 e. The number of anilines is 2. The average Bonchev–Trinajstić information content (AvgIpc) is 3.05. The van der Waals surface area contributed by atoms with E-state index >= 15 is 0 Å². The molecular weight excluding hydrogens is 314 g/mol. The molecule has 1 aliphatic heterocycles. The van der Waals surface area contributed by atoms with E-state index in [9.17, 15) is 8.42 Å². The third kappa shape index (κ3) is 3.62. The highest BCUT2D eigenvalue weighted by Crippen LogP contribution is 2.24. The van der Waals surface area contributed by atoms with Crippen molar-refractivity contribution in [2.24, 2.45) is 0 Å². The number of benzene rings is 1. The normalized spacial score (nSPS) is 18.1. The summed E-state index contributed by atoms with van der Waals surface area (Å²) in [5.41, 5.74) is 1.59. The molecule has 1 unspecified atom stereocenters. The second-order valence-electron chi connectivity index (χ2n) is 5.43. The van der Waals surface area contributed by atoms with Gasteiger partial charge in [0.05, 0.1) is 6.10 Å². The zero-order valence-corrected chi connectivity index (χ0v) is 13.7. The topological polar surface area (TPSA) is 71.5 Å². The van der Waals surface area contributed by atoms with Crippen molar-refractivity contribution in [3.63, 3.8) is 0 Å². The van der Waals surface area contributed by atoms with Crippen LogP contribution in [0.3, 0.4) is 0 Å². The molecule has 6 nitrogen and oxygen atoms in total. The lowest BCUT2D eigenvalue weighted by molar-refractivity contribution is 0.121. The Morgan fingerprint density at radius 3 is 2.65 bits per heavy atom. The van der Waals surface area contributed by atoms with Crippen molar-refractivity contribution in [3.8, 4) is 0 Å². The molecule has 1 saturated heterocycles. The highest BCUT2D eigenvalue weighted by molar-refractivity contribution is 7.92. The number of ether oxygens (including phenoxy) is 1. The molecule has 0 radical (unpaired) electrons. The molecule has 0 amide bonds. The van der Waals surface area contributed by atoms with Gasteiger partial charge < -0.3 is 9.64 Å². The van der Waals surface area contributed by atoms with Crippen LogP contribution in [0.2, 0.25) is 0 Å². The van der Waals surface area contributed by atoms with Crippen molar-refractivity contribution in [2.75, 3.05) is 29.8 Å². The van der Waals surface area contributed by atoms with Crippen LogP contribution >= 0.6 is 0 Å². The lowest BCUT2D eigenvalue weighted by Gasteiger charge is -2.18. The SMILES string of the molecule is COC1CCN(c2ccc(NS(=O)(=O)c3cccnc3)cc2)C1. The van der Waals surface area contributed by atoms with Gasteiger partial charge in [-0.2, -0.15) is 0 Å². The van der Waals surface area contributed by atoms with Crippen LogP contribution in [0.1, 0.15) is 6.42 Å². The summed E-state index contributed by atoms with van der Waals surface area (Å²) in [6, 6.07) is 10.5. The third-order valence-electron chi connectivity index (χ3n) is 3.91. The molecule has 0 spiro atoms. The summed E-state index contributed by atoms with van der Waals surface area (Å²) in [5, 5.41) is 0. The smallest absolute Gasteiger partial charge is 0.263 e. The Kier molecular flexibility index (Phi) is 4.49. The zero-order chi connectivity index (χ0) is 16.3. The summed E-state index contributed by atoms with van der Waals surface area (Å²) in [4.78, 5) is 6.21. The van der Waals surface area contributed by atoms with Gasteiger partial charge in [0.15, 0.2) is 0 Å². The molecule has 2 heterocycles. The Balaban J connectivity index is 1.71. The monoisotopic (exact) mass is 333 g/mol. The number of rotatable bonds is 5. The molecule has 0 saturated carbocycles. The number of hydrogen-bond donors (Lipinski definition) is 1. The summed E-state index contributed by atoms with van der Waals surface area (Å²) in [6.45, 7) is 1.80. The lowest BCUT2D eigenvalue weighted by Crippen LogP contribution is -2.22. The summed E-state index contributed by atoms with van der Waals surface area (Å²) in [6.07, 6.45) is 4.13. The van der Waals surface area contributed by atoms with Crippen molar-refractivity contribution >= 4 is 21.4 Å². The number of methoxy groups -OCH3 is 1. The quantitative estimate of drug-likeness (QED) is 0.907. The molecule has 1 aromatic carbocycles. The van der Waals surface area contributed by atoms with Crippen LogP contribution in [0, 0.1) is 0 Å². The summed E-state index contributed by atoms with van der Waals surface area (Å²) in [5.74, 6) is 0. The van der Waals surface area contributed by atoms with Gasteiger partial charge >= 0.3 is 0 Å². The minimum Gasteiger partial charge on any atom is -0.380 e. The van der Waals surface area contributed by atoms with Gasteiger partial charge in [-0.05, 0) is 42.8 Å². The summed E-state index contributed by atoms with van der Waals surface area (Å²) in [7, 11) is -1.88. The van der Waals surface area contributed by atoms with E-state index < -0.39 is 10.0 Å². The van der Waals surface area contributed by atoms with Crippen LogP contribution < -0.4 is 9.62 Å². The second-order valence-corrected chi connectivity index (χ2v) is 7.12. The number of nitrogens with one attached hydrogen (secondary N) is 1. The number of aromatic nitrogens is 1. The highest BCUT2D eigenvalue weighted by atomic mass is 32.2. The summed E-state index contributed by atoms with van der Waals surface area (Å²) >= 11 is 0. The molecule has 7 heteroatoms. The fourth-order valence-electron chi connectivity index (χ4n) is 2.62. The molecule has 1 aromatic heterocycles. The molecule has 1 N–H and O–H groups in total. The fourth-order valence-corrected chi connectivity index (χ4v) is 3.64. The standard InChI is InChI=1S/C16H19N3O3S/c1-22-15-8-10-19(12-15)14-6-4-13(5-7-14)18-23(20,21)16-3-2-9-17-11-16/h2-7,9,11,15,18H,8,10,12H2,1H3. The van der Waals surface area contributed by atoms with E-state index in [2.05, 4.69) is 14.6 Å². The van der Waals surface area contributed by atoms with Gasteiger partial charge in [-0.25, -0.2) is 8.42 Å². The largest absolute Gasteiger partial charge is 0.380 e. The van der Waals surface area contributed by atoms with E-state index in [1.165, 1.54) is 18.5 Å². The van der Waals surface area contributed by atoms with Crippen molar-refractivity contribution in [1.29, 1.82) is 0 Å². The second kappa shape index (κ2) is 6.55. The Morgan fingerprint density at radius 1 is 1.26 bits per heavy atom. The van der Waals surface area contributed by atoms with Crippen LogP contribution in [0.15, 0.2) is 53.7 Å². The van der Waals surface area contributed by atoms with Crippen LogP contribution in [-0.2, 0) is 14.8 Å². The minimum absolute atomic E-state index is 0.145. The molecule has 2 aromatic rings. The first-order chi connectivity index (χ1) is 11.1. The van der Waals surface area contributed by atoms with E-state index in [0.29, 0.717) is 5.69 Å². The number of pyridine rings is 1. The number of sulfonamides is 1. The Bertz CT molecular complexity index is 748. The zero-order valence-electron chi connectivity index (χ0n) is 12.8. The first-order valence-electron chi connectivity index (χ1n) is 7.39. The first-order valence-corrected chi connectivity index (χ1v) is 8.87. The van der Waals surface area contributed by atoms with E-state index in [4.69, 9.17) is 4.74 Å². The Morgan fingerprint density at radius 2 is 2.04 bits per heavy atom. The summed E-state index contributed by atoms with van der Waals surface area (Å²) < 4.78 is 32.4. The maximum absolute atomic E-state index is 12.2.